The lowest BCUT2D eigenvalue weighted by Crippen LogP contribution is -2.30. The highest BCUT2D eigenvalue weighted by Crippen LogP contribution is 2.18. The Hall–Kier alpha value is -2.18. The predicted molar refractivity (Wildman–Crippen MR) is 72.2 cm³/mol. The van der Waals surface area contributed by atoms with Gasteiger partial charge in [0.1, 0.15) is 0 Å². The molecule has 1 saturated heterocycles. The van der Waals surface area contributed by atoms with E-state index in [1.807, 2.05) is 19.1 Å². The molecule has 0 radical (unpaired) electrons. The van der Waals surface area contributed by atoms with Crippen LogP contribution in [0.5, 0.6) is 0 Å². The van der Waals surface area contributed by atoms with Gasteiger partial charge >= 0.3 is 0 Å². The molecule has 1 fully saturated rings. The highest BCUT2D eigenvalue weighted by molar-refractivity contribution is 5.40. The van der Waals surface area contributed by atoms with E-state index in [0.29, 0.717) is 17.7 Å². The summed E-state index contributed by atoms with van der Waals surface area (Å²) < 4.78 is 1.54. The molecule has 19 heavy (non-hydrogen) atoms. The Morgan fingerprint density at radius 3 is 2.58 bits per heavy atom. The molecular weight excluding hydrogens is 242 g/mol. The summed E-state index contributed by atoms with van der Waals surface area (Å²) in [6, 6.07) is 3.72. The van der Waals surface area contributed by atoms with Crippen molar-refractivity contribution in [2.75, 3.05) is 23.7 Å². The monoisotopic (exact) mass is 259 g/mol. The molecule has 0 atom stereocenters. The van der Waals surface area contributed by atoms with Gasteiger partial charge < -0.3 is 10.6 Å². The van der Waals surface area contributed by atoms with E-state index in [1.165, 1.54) is 23.9 Å². The van der Waals surface area contributed by atoms with Crippen LogP contribution in [0.3, 0.4) is 0 Å². The standard InChI is InChI=1S/C12H17N7/c1-9-5-6-10(16-15-9)19-11(13)14-12(17-19)18-7-3-2-4-8-18/h5-6H,2-4,7-8H2,1H3,(H2,13,14,17). The van der Waals surface area contributed by atoms with Gasteiger partial charge in [-0.3, -0.25) is 0 Å². The molecule has 0 aliphatic carbocycles. The third-order valence-corrected chi connectivity index (χ3v) is 3.26. The average molecular weight is 259 g/mol. The van der Waals surface area contributed by atoms with Crippen LogP contribution in [-0.4, -0.2) is 38.1 Å². The van der Waals surface area contributed by atoms with E-state index in [1.54, 1.807) is 0 Å². The van der Waals surface area contributed by atoms with E-state index in [-0.39, 0.29) is 0 Å². The summed E-state index contributed by atoms with van der Waals surface area (Å²) in [4.78, 5) is 6.49. The third-order valence-electron chi connectivity index (χ3n) is 3.26. The topological polar surface area (TPSA) is 85.8 Å². The second-order valence-electron chi connectivity index (χ2n) is 4.76. The molecule has 0 amide bonds. The summed E-state index contributed by atoms with van der Waals surface area (Å²) in [6.45, 7) is 3.87. The lowest BCUT2D eigenvalue weighted by atomic mass is 10.1. The number of nitrogen functional groups attached to an aromatic ring is 1. The van der Waals surface area contributed by atoms with Gasteiger partial charge in [-0.1, -0.05) is 0 Å². The van der Waals surface area contributed by atoms with Crippen LogP contribution in [-0.2, 0) is 0 Å². The maximum atomic E-state index is 5.91. The summed E-state index contributed by atoms with van der Waals surface area (Å²) in [6.07, 6.45) is 3.63. The van der Waals surface area contributed by atoms with Crippen LogP contribution in [0, 0.1) is 6.92 Å². The number of piperidine rings is 1. The molecule has 0 spiro atoms. The van der Waals surface area contributed by atoms with Gasteiger partial charge in [-0.2, -0.15) is 14.8 Å². The first-order valence-corrected chi connectivity index (χ1v) is 6.52. The molecule has 0 aromatic carbocycles. The second kappa shape index (κ2) is 4.83. The number of aryl methyl sites for hydroxylation is 1. The lowest BCUT2D eigenvalue weighted by molar-refractivity contribution is 0.567. The Kier molecular flexibility index (Phi) is 3.02. The minimum atomic E-state index is 0.346. The molecule has 7 nitrogen and oxygen atoms in total. The Morgan fingerprint density at radius 1 is 1.11 bits per heavy atom. The number of nitrogens with zero attached hydrogens (tertiary/aromatic N) is 6. The van der Waals surface area contributed by atoms with E-state index >= 15 is 0 Å². The van der Waals surface area contributed by atoms with Crippen molar-refractivity contribution in [1.82, 2.24) is 25.0 Å². The molecule has 100 valence electrons. The van der Waals surface area contributed by atoms with Crippen molar-refractivity contribution in [3.05, 3.63) is 17.8 Å². The van der Waals surface area contributed by atoms with Crippen LogP contribution in [0.15, 0.2) is 12.1 Å². The first kappa shape index (κ1) is 11.9. The maximum absolute atomic E-state index is 5.91. The van der Waals surface area contributed by atoms with Crippen molar-refractivity contribution < 1.29 is 0 Å². The molecule has 2 aromatic heterocycles. The molecule has 2 aromatic rings. The molecule has 0 unspecified atom stereocenters. The zero-order chi connectivity index (χ0) is 13.2. The van der Waals surface area contributed by atoms with Gasteiger partial charge in [0.25, 0.3) is 0 Å². The molecule has 0 bridgehead atoms. The fourth-order valence-corrected chi connectivity index (χ4v) is 2.21. The van der Waals surface area contributed by atoms with Gasteiger partial charge in [0.15, 0.2) is 5.82 Å². The quantitative estimate of drug-likeness (QED) is 0.863. The van der Waals surface area contributed by atoms with Crippen molar-refractivity contribution in [3.63, 3.8) is 0 Å². The largest absolute Gasteiger partial charge is 0.368 e. The molecule has 1 aliphatic rings. The fourth-order valence-electron chi connectivity index (χ4n) is 2.21. The normalized spacial score (nSPS) is 15.7. The molecular formula is C12H17N7. The van der Waals surface area contributed by atoms with E-state index in [9.17, 15) is 0 Å². The van der Waals surface area contributed by atoms with Crippen molar-refractivity contribution in [2.45, 2.75) is 26.2 Å². The molecule has 2 N–H and O–H groups in total. The molecule has 3 heterocycles. The number of nitrogens with two attached hydrogens (primary N) is 1. The number of rotatable bonds is 2. The number of anilines is 2. The van der Waals surface area contributed by atoms with Crippen molar-refractivity contribution >= 4 is 11.9 Å². The Balaban J connectivity index is 1.90. The molecule has 0 saturated carbocycles. The Bertz CT molecular complexity index is 554. The van der Waals surface area contributed by atoms with E-state index in [2.05, 4.69) is 25.2 Å². The Labute approximate surface area is 111 Å². The van der Waals surface area contributed by atoms with Gasteiger partial charge in [-0.15, -0.1) is 10.2 Å². The highest BCUT2D eigenvalue weighted by Gasteiger charge is 2.18. The smallest absolute Gasteiger partial charge is 0.247 e. The van der Waals surface area contributed by atoms with Crippen LogP contribution in [0.25, 0.3) is 5.82 Å². The van der Waals surface area contributed by atoms with Crippen molar-refractivity contribution in [2.24, 2.45) is 0 Å². The van der Waals surface area contributed by atoms with E-state index in [4.69, 9.17) is 5.73 Å². The summed E-state index contributed by atoms with van der Waals surface area (Å²) in [7, 11) is 0. The molecule has 7 heteroatoms. The third kappa shape index (κ3) is 2.35. The molecule has 1 aliphatic heterocycles. The summed E-state index contributed by atoms with van der Waals surface area (Å²) in [5.74, 6) is 1.62. The van der Waals surface area contributed by atoms with Crippen LogP contribution in [0.4, 0.5) is 11.9 Å². The number of hydrogen-bond acceptors (Lipinski definition) is 6. The van der Waals surface area contributed by atoms with Crippen molar-refractivity contribution in [1.29, 1.82) is 0 Å². The first-order chi connectivity index (χ1) is 9.24. The number of aromatic nitrogens is 5. The van der Waals surface area contributed by atoms with Gasteiger partial charge in [0.05, 0.1) is 5.69 Å². The van der Waals surface area contributed by atoms with Gasteiger partial charge in [0.2, 0.25) is 11.9 Å². The van der Waals surface area contributed by atoms with Crippen LogP contribution in [0.1, 0.15) is 25.0 Å². The minimum absolute atomic E-state index is 0.346. The summed E-state index contributed by atoms with van der Waals surface area (Å²) in [5.41, 5.74) is 6.77. The zero-order valence-corrected chi connectivity index (χ0v) is 11.0. The van der Waals surface area contributed by atoms with Gasteiger partial charge in [0, 0.05) is 13.1 Å². The summed E-state index contributed by atoms with van der Waals surface area (Å²) >= 11 is 0. The first-order valence-electron chi connectivity index (χ1n) is 6.52. The summed E-state index contributed by atoms with van der Waals surface area (Å²) in [5, 5.41) is 12.5. The average Bonchev–Trinajstić information content (AvgIpc) is 2.83. The maximum Gasteiger partial charge on any atom is 0.247 e. The van der Waals surface area contributed by atoms with Crippen LogP contribution < -0.4 is 10.6 Å². The van der Waals surface area contributed by atoms with Crippen LogP contribution >= 0.6 is 0 Å². The highest BCUT2D eigenvalue weighted by atomic mass is 15.5. The van der Waals surface area contributed by atoms with Crippen LogP contribution in [0.2, 0.25) is 0 Å². The fraction of sp³-hybridized carbons (Fsp3) is 0.500. The Morgan fingerprint density at radius 2 is 1.89 bits per heavy atom. The van der Waals surface area contributed by atoms with Gasteiger partial charge in [-0.05, 0) is 38.3 Å². The van der Waals surface area contributed by atoms with Gasteiger partial charge in [-0.25, -0.2) is 0 Å². The lowest BCUT2D eigenvalue weighted by Gasteiger charge is -2.24. The minimum Gasteiger partial charge on any atom is -0.368 e. The van der Waals surface area contributed by atoms with Crippen molar-refractivity contribution in [3.8, 4) is 5.82 Å². The van der Waals surface area contributed by atoms with E-state index < -0.39 is 0 Å². The SMILES string of the molecule is Cc1ccc(-n2nc(N3CCCCC3)nc2N)nn1. The zero-order valence-electron chi connectivity index (χ0n) is 11.0. The van der Waals surface area contributed by atoms with E-state index in [0.717, 1.165) is 18.8 Å². The predicted octanol–water partition coefficient (Wildman–Crippen LogP) is 0.938. The second-order valence-corrected chi connectivity index (χ2v) is 4.76. The number of hydrogen-bond donors (Lipinski definition) is 1. The molecule has 3 rings (SSSR count).